The van der Waals surface area contributed by atoms with E-state index in [2.05, 4.69) is 15.9 Å². The second kappa shape index (κ2) is 10.3. The van der Waals surface area contributed by atoms with E-state index in [-0.39, 0.29) is 22.3 Å². The van der Waals surface area contributed by atoms with E-state index in [1.54, 1.807) is 12.1 Å². The Balaban J connectivity index is 1.72. The molecule has 1 aliphatic heterocycles. The number of aryl methyl sites for hydroxylation is 2. The molecule has 0 radical (unpaired) electrons. The van der Waals surface area contributed by atoms with Crippen molar-refractivity contribution in [3.8, 4) is 11.5 Å². The Labute approximate surface area is 227 Å². The van der Waals surface area contributed by atoms with Crippen molar-refractivity contribution in [3.05, 3.63) is 96.3 Å². The molecule has 12 heteroatoms. The number of carbonyl (C=O) groups excluding carboxylic acids is 1. The number of halogens is 4. The lowest BCUT2D eigenvalue weighted by molar-refractivity contribution is -0.385. The third kappa shape index (κ3) is 5.71. The molecule has 3 aromatic rings. The van der Waals surface area contributed by atoms with Gasteiger partial charge in [-0.15, -0.1) is 0 Å². The molecule has 0 saturated carbocycles. The van der Waals surface area contributed by atoms with Crippen LogP contribution in [0.25, 0.3) is 6.08 Å². The zero-order valence-electron chi connectivity index (χ0n) is 19.1. The Hall–Kier alpha value is -3.22. The Kier molecular flexibility index (Phi) is 7.45. The molecule has 1 fully saturated rings. The van der Waals surface area contributed by atoms with Crippen molar-refractivity contribution in [2.24, 2.45) is 0 Å². The number of rotatable bonds is 5. The Morgan fingerprint density at radius 3 is 2.43 bits per heavy atom. The van der Waals surface area contributed by atoms with Gasteiger partial charge >= 0.3 is 11.9 Å². The maximum atomic E-state index is 13.3. The van der Waals surface area contributed by atoms with Crippen molar-refractivity contribution in [1.82, 2.24) is 0 Å². The van der Waals surface area contributed by atoms with Gasteiger partial charge in [-0.3, -0.25) is 19.8 Å². The lowest BCUT2D eigenvalue weighted by Gasteiger charge is -2.17. The minimum atomic E-state index is -4.75. The fraction of sp³-hybridized carbons (Fsp3) is 0.120. The predicted molar refractivity (Wildman–Crippen MR) is 144 cm³/mol. The van der Waals surface area contributed by atoms with Gasteiger partial charge in [-0.1, -0.05) is 57.6 Å². The standard InChI is InChI=1S/C25H16BrF3N2O4S2/c1-13-3-6-18(14(2)9-13)30-23(32)22(37-24(30)36)11-15-10-17(26)5-8-20(15)35-21-7-4-16(25(27,28)29)12-19(21)31(33)34/h3-12H,1-2H3/b22-11-. The molecule has 0 bridgehead atoms. The van der Waals surface area contributed by atoms with E-state index >= 15 is 0 Å². The van der Waals surface area contributed by atoms with Gasteiger partial charge in [0.2, 0.25) is 5.75 Å². The Bertz CT molecular complexity index is 1490. The van der Waals surface area contributed by atoms with Gasteiger partial charge in [0.15, 0.2) is 4.32 Å². The predicted octanol–water partition coefficient (Wildman–Crippen LogP) is 8.19. The summed E-state index contributed by atoms with van der Waals surface area (Å²) in [4.78, 5) is 25.5. The molecular weight excluding hydrogens is 593 g/mol. The number of thioether (sulfide) groups is 1. The highest BCUT2D eigenvalue weighted by atomic mass is 79.9. The minimum Gasteiger partial charge on any atom is -0.449 e. The number of alkyl halides is 3. The normalized spacial score (nSPS) is 15.0. The lowest BCUT2D eigenvalue weighted by Crippen LogP contribution is -2.28. The summed E-state index contributed by atoms with van der Waals surface area (Å²) in [6.45, 7) is 3.82. The maximum absolute atomic E-state index is 13.3. The second-order valence-electron chi connectivity index (χ2n) is 8.03. The molecule has 6 nitrogen and oxygen atoms in total. The van der Waals surface area contributed by atoms with Crippen LogP contribution < -0.4 is 9.64 Å². The molecule has 0 aromatic heterocycles. The molecule has 1 saturated heterocycles. The van der Waals surface area contributed by atoms with Gasteiger partial charge in [0.05, 0.1) is 21.1 Å². The first kappa shape index (κ1) is 26.8. The van der Waals surface area contributed by atoms with Gasteiger partial charge in [-0.25, -0.2) is 0 Å². The average molecular weight is 609 g/mol. The number of nitro groups is 1. The van der Waals surface area contributed by atoms with Crippen molar-refractivity contribution in [1.29, 1.82) is 0 Å². The summed E-state index contributed by atoms with van der Waals surface area (Å²) in [6.07, 6.45) is -3.23. The van der Waals surface area contributed by atoms with Gasteiger partial charge in [0, 0.05) is 16.1 Å². The van der Waals surface area contributed by atoms with Crippen molar-refractivity contribution in [3.63, 3.8) is 0 Å². The van der Waals surface area contributed by atoms with E-state index in [0.29, 0.717) is 32.2 Å². The summed E-state index contributed by atoms with van der Waals surface area (Å²) in [5.41, 5.74) is 0.920. The average Bonchev–Trinajstić information content (AvgIpc) is 3.08. The zero-order chi connectivity index (χ0) is 27.1. The highest BCUT2D eigenvalue weighted by Crippen LogP contribution is 2.41. The molecule has 37 heavy (non-hydrogen) atoms. The van der Waals surface area contributed by atoms with Crippen LogP contribution in [0.3, 0.4) is 0 Å². The SMILES string of the molecule is Cc1ccc(N2C(=O)/C(=C/c3cc(Br)ccc3Oc3ccc(C(F)(F)F)cc3[N+](=O)[O-])SC2=S)c(C)c1. The van der Waals surface area contributed by atoms with E-state index in [4.69, 9.17) is 17.0 Å². The summed E-state index contributed by atoms with van der Waals surface area (Å²) >= 11 is 9.89. The first-order chi connectivity index (χ1) is 17.3. The molecule has 190 valence electrons. The Morgan fingerprint density at radius 1 is 1.08 bits per heavy atom. The number of nitro benzene ring substituents is 1. The molecule has 0 N–H and O–H groups in total. The van der Waals surface area contributed by atoms with Gasteiger partial charge in [0.1, 0.15) is 5.75 Å². The van der Waals surface area contributed by atoms with Crippen molar-refractivity contribution in [2.75, 3.05) is 4.90 Å². The maximum Gasteiger partial charge on any atom is 0.416 e. The highest BCUT2D eigenvalue weighted by molar-refractivity contribution is 9.10. The summed E-state index contributed by atoms with van der Waals surface area (Å²) in [6, 6.07) is 12.4. The van der Waals surface area contributed by atoms with Crippen LogP contribution in [-0.2, 0) is 11.0 Å². The zero-order valence-corrected chi connectivity index (χ0v) is 22.3. The molecule has 0 unspecified atom stereocenters. The molecule has 0 spiro atoms. The highest BCUT2D eigenvalue weighted by Gasteiger charge is 2.35. The molecule has 4 rings (SSSR count). The topological polar surface area (TPSA) is 72.7 Å². The van der Waals surface area contributed by atoms with Crippen LogP contribution in [-0.4, -0.2) is 15.2 Å². The number of hydrogen-bond acceptors (Lipinski definition) is 6. The van der Waals surface area contributed by atoms with Gasteiger partial charge in [-0.05, 0) is 61.9 Å². The van der Waals surface area contributed by atoms with Gasteiger partial charge < -0.3 is 4.74 Å². The number of nitrogens with zero attached hydrogens (tertiary/aromatic N) is 2. The van der Waals surface area contributed by atoms with E-state index in [9.17, 15) is 28.1 Å². The number of anilines is 1. The number of ether oxygens (including phenoxy) is 1. The molecule has 0 atom stereocenters. The quantitative estimate of drug-likeness (QED) is 0.126. The fourth-order valence-electron chi connectivity index (χ4n) is 3.64. The summed E-state index contributed by atoms with van der Waals surface area (Å²) in [5.74, 6) is -0.631. The summed E-state index contributed by atoms with van der Waals surface area (Å²) in [7, 11) is 0. The van der Waals surface area contributed by atoms with E-state index in [0.717, 1.165) is 29.0 Å². The van der Waals surface area contributed by atoms with Crippen molar-refractivity contribution >= 4 is 67.6 Å². The number of carbonyl (C=O) groups is 1. The lowest BCUT2D eigenvalue weighted by atomic mass is 10.1. The van der Waals surface area contributed by atoms with Crippen LogP contribution in [0.5, 0.6) is 11.5 Å². The molecular formula is C25H16BrF3N2O4S2. The largest absolute Gasteiger partial charge is 0.449 e. The molecule has 1 aliphatic rings. The van der Waals surface area contributed by atoms with Crippen LogP contribution in [0.2, 0.25) is 0 Å². The van der Waals surface area contributed by atoms with Crippen molar-refractivity contribution < 1.29 is 27.6 Å². The number of thiocarbonyl (C=S) groups is 1. The molecule has 0 aliphatic carbocycles. The monoisotopic (exact) mass is 608 g/mol. The smallest absolute Gasteiger partial charge is 0.416 e. The fourth-order valence-corrected chi connectivity index (χ4v) is 5.29. The third-order valence-corrected chi connectivity index (χ3v) is 7.14. The minimum absolute atomic E-state index is 0.0999. The summed E-state index contributed by atoms with van der Waals surface area (Å²) < 4.78 is 45.9. The number of benzene rings is 3. The first-order valence-corrected chi connectivity index (χ1v) is 12.5. The molecule has 1 heterocycles. The van der Waals surface area contributed by atoms with Crippen molar-refractivity contribution in [2.45, 2.75) is 20.0 Å². The van der Waals surface area contributed by atoms with Crippen LogP contribution >= 0.6 is 39.9 Å². The van der Waals surface area contributed by atoms with Gasteiger partial charge in [-0.2, -0.15) is 13.2 Å². The second-order valence-corrected chi connectivity index (χ2v) is 10.6. The third-order valence-electron chi connectivity index (χ3n) is 5.35. The van der Waals surface area contributed by atoms with Crippen LogP contribution in [0, 0.1) is 24.0 Å². The van der Waals surface area contributed by atoms with E-state index in [1.165, 1.54) is 17.0 Å². The summed E-state index contributed by atoms with van der Waals surface area (Å²) in [5, 5.41) is 11.5. The molecule has 1 amide bonds. The number of hydrogen-bond donors (Lipinski definition) is 0. The van der Waals surface area contributed by atoms with E-state index < -0.39 is 22.4 Å². The van der Waals surface area contributed by atoms with Gasteiger partial charge in [0.25, 0.3) is 5.91 Å². The molecule has 3 aromatic carbocycles. The van der Waals surface area contributed by atoms with Crippen LogP contribution in [0.4, 0.5) is 24.5 Å². The first-order valence-electron chi connectivity index (χ1n) is 10.5. The Morgan fingerprint density at radius 2 is 1.78 bits per heavy atom. The van der Waals surface area contributed by atoms with Crippen LogP contribution in [0.1, 0.15) is 22.3 Å². The number of amides is 1. The van der Waals surface area contributed by atoms with Crippen LogP contribution in [0.15, 0.2) is 64.0 Å². The van der Waals surface area contributed by atoms with E-state index in [1.807, 2.05) is 32.0 Å².